The maximum atomic E-state index is 13.9. The molecule has 41 heavy (non-hydrogen) atoms. The first-order chi connectivity index (χ1) is 19.7. The van der Waals surface area contributed by atoms with E-state index in [1.165, 1.54) is 51.2 Å². The van der Waals surface area contributed by atoms with Gasteiger partial charge in [-0.15, -0.1) is 0 Å². The second kappa shape index (κ2) is 12.4. The van der Waals surface area contributed by atoms with Gasteiger partial charge in [0.15, 0.2) is 27.8 Å². The summed E-state index contributed by atoms with van der Waals surface area (Å²) in [4.78, 5) is 32.0. The van der Waals surface area contributed by atoms with Crippen LogP contribution in [0.5, 0.6) is 28.7 Å². The van der Waals surface area contributed by atoms with Crippen molar-refractivity contribution >= 4 is 23.4 Å². The van der Waals surface area contributed by atoms with E-state index in [4.69, 9.17) is 23.7 Å². The number of methoxy groups -OCH3 is 4. The summed E-state index contributed by atoms with van der Waals surface area (Å²) in [5.74, 6) is 0.319. The normalized spacial score (nSPS) is 14.9. The second-order valence-electron chi connectivity index (χ2n) is 8.55. The number of hydrogen-bond acceptors (Lipinski definition) is 10. The molecule has 0 fully saturated rings. The second-order valence-corrected chi connectivity index (χ2v) is 9.56. The van der Waals surface area contributed by atoms with E-state index in [0.29, 0.717) is 38.9 Å². The predicted octanol–water partition coefficient (Wildman–Crippen LogP) is 3.43. The van der Waals surface area contributed by atoms with Gasteiger partial charge in [0, 0.05) is 0 Å². The number of esters is 1. The van der Waals surface area contributed by atoms with Gasteiger partial charge in [0.2, 0.25) is 5.75 Å². The van der Waals surface area contributed by atoms with Crippen molar-refractivity contribution in [3.05, 3.63) is 72.4 Å². The summed E-state index contributed by atoms with van der Waals surface area (Å²) in [6.07, 6.45) is 1.58. The summed E-state index contributed by atoms with van der Waals surface area (Å²) in [6.45, 7) is 0.449. The van der Waals surface area contributed by atoms with Crippen LogP contribution in [0.25, 0.3) is 6.08 Å². The molecule has 0 saturated heterocycles. The van der Waals surface area contributed by atoms with Gasteiger partial charge < -0.3 is 28.4 Å². The molecule has 3 aromatic rings. The SMILES string of the molecule is CCOC(=O)C1=C(C)N=c2s/c(=C/c3ccc(OC(F)F)c(OC)c3)c(=O)n2[C@H]1c1cc(OC)c(OC)c(OC)c1. The van der Waals surface area contributed by atoms with Crippen molar-refractivity contribution < 1.29 is 42.0 Å². The number of halogens is 2. The highest BCUT2D eigenvalue weighted by atomic mass is 32.1. The zero-order chi connectivity index (χ0) is 29.8. The Balaban J connectivity index is 1.95. The molecule has 4 rings (SSSR count). The lowest BCUT2D eigenvalue weighted by molar-refractivity contribution is -0.139. The molecule has 0 N–H and O–H groups in total. The van der Waals surface area contributed by atoms with Crippen LogP contribution in [-0.2, 0) is 9.53 Å². The molecule has 0 unspecified atom stereocenters. The van der Waals surface area contributed by atoms with Gasteiger partial charge in [-0.2, -0.15) is 8.78 Å². The van der Waals surface area contributed by atoms with Crippen LogP contribution in [0, 0.1) is 0 Å². The number of alkyl halides is 2. The van der Waals surface area contributed by atoms with Gasteiger partial charge in [-0.3, -0.25) is 9.36 Å². The monoisotopic (exact) mass is 590 g/mol. The zero-order valence-corrected chi connectivity index (χ0v) is 24.0. The fraction of sp³-hybridized carbons (Fsp3) is 0.321. The van der Waals surface area contributed by atoms with Gasteiger partial charge >= 0.3 is 12.6 Å². The summed E-state index contributed by atoms with van der Waals surface area (Å²) in [5.41, 5.74) is 1.12. The Morgan fingerprint density at radius 3 is 2.24 bits per heavy atom. The van der Waals surface area contributed by atoms with Gasteiger partial charge in [-0.25, -0.2) is 9.79 Å². The molecule has 0 saturated carbocycles. The van der Waals surface area contributed by atoms with Crippen molar-refractivity contribution in [1.82, 2.24) is 4.57 Å². The fourth-order valence-corrected chi connectivity index (χ4v) is 5.53. The molecule has 2 aromatic carbocycles. The molecule has 2 heterocycles. The minimum Gasteiger partial charge on any atom is -0.493 e. The number of carbonyl (C=O) groups is 1. The van der Waals surface area contributed by atoms with Crippen LogP contribution in [0.4, 0.5) is 8.78 Å². The average molecular weight is 591 g/mol. The maximum absolute atomic E-state index is 13.9. The molecule has 0 spiro atoms. The number of carbonyl (C=O) groups excluding carboxylic acids is 1. The number of hydrogen-bond donors (Lipinski definition) is 0. The molecule has 1 aliphatic heterocycles. The Bertz CT molecular complexity index is 1650. The van der Waals surface area contributed by atoms with E-state index in [1.54, 1.807) is 32.1 Å². The summed E-state index contributed by atoms with van der Waals surface area (Å²) < 4.78 is 58.7. The smallest absolute Gasteiger partial charge is 0.387 e. The first-order valence-electron chi connectivity index (χ1n) is 12.3. The van der Waals surface area contributed by atoms with E-state index in [9.17, 15) is 18.4 Å². The Labute approximate surface area is 237 Å². The first-order valence-corrected chi connectivity index (χ1v) is 13.1. The molecular formula is C28H28F2N2O8S. The van der Waals surface area contributed by atoms with E-state index < -0.39 is 24.2 Å². The van der Waals surface area contributed by atoms with Gasteiger partial charge in [0.1, 0.15) is 0 Å². The Hall–Kier alpha value is -4.39. The highest BCUT2D eigenvalue weighted by Crippen LogP contribution is 2.42. The molecule has 1 aliphatic rings. The molecule has 13 heteroatoms. The van der Waals surface area contributed by atoms with Crippen molar-refractivity contribution in [3.8, 4) is 28.7 Å². The molecule has 0 amide bonds. The Morgan fingerprint density at radius 1 is 1.02 bits per heavy atom. The molecule has 0 aliphatic carbocycles. The van der Waals surface area contributed by atoms with E-state index in [2.05, 4.69) is 9.73 Å². The third-order valence-electron chi connectivity index (χ3n) is 6.22. The maximum Gasteiger partial charge on any atom is 0.387 e. The van der Waals surface area contributed by atoms with Crippen LogP contribution in [0.3, 0.4) is 0 Å². The molecule has 10 nitrogen and oxygen atoms in total. The number of allylic oxidation sites excluding steroid dienone is 1. The Kier molecular flexibility index (Phi) is 8.96. The number of rotatable bonds is 10. The summed E-state index contributed by atoms with van der Waals surface area (Å²) in [5, 5.41) is 0. The molecule has 1 atom stereocenters. The summed E-state index contributed by atoms with van der Waals surface area (Å²) in [6, 6.07) is 6.71. The number of aromatic nitrogens is 1. The quantitative estimate of drug-likeness (QED) is 0.331. The topological polar surface area (TPSA) is 107 Å². The molecule has 1 aromatic heterocycles. The van der Waals surface area contributed by atoms with Crippen LogP contribution in [0.2, 0.25) is 0 Å². The number of nitrogens with zero attached hydrogens (tertiary/aromatic N) is 2. The van der Waals surface area contributed by atoms with E-state index >= 15 is 0 Å². The van der Waals surface area contributed by atoms with E-state index in [0.717, 1.165) is 11.3 Å². The van der Waals surface area contributed by atoms with Crippen LogP contribution in [-0.4, -0.2) is 52.2 Å². The average Bonchev–Trinajstić information content (AvgIpc) is 3.25. The van der Waals surface area contributed by atoms with Gasteiger partial charge in [0.25, 0.3) is 5.56 Å². The van der Waals surface area contributed by atoms with Crippen molar-refractivity contribution in [2.24, 2.45) is 4.99 Å². The molecule has 0 bridgehead atoms. The van der Waals surface area contributed by atoms with Crippen molar-refractivity contribution in [2.75, 3.05) is 35.0 Å². The van der Waals surface area contributed by atoms with Crippen LogP contribution >= 0.6 is 11.3 Å². The van der Waals surface area contributed by atoms with Crippen molar-refractivity contribution in [2.45, 2.75) is 26.5 Å². The van der Waals surface area contributed by atoms with Gasteiger partial charge in [0.05, 0.1) is 56.9 Å². The zero-order valence-electron chi connectivity index (χ0n) is 23.2. The molecule has 0 radical (unpaired) electrons. The van der Waals surface area contributed by atoms with E-state index in [1.807, 2.05) is 0 Å². The lowest BCUT2D eigenvalue weighted by atomic mass is 9.95. The van der Waals surface area contributed by atoms with Crippen molar-refractivity contribution in [1.29, 1.82) is 0 Å². The number of ether oxygens (including phenoxy) is 6. The summed E-state index contributed by atoms with van der Waals surface area (Å²) in [7, 11) is 5.72. The van der Waals surface area contributed by atoms with Gasteiger partial charge in [-0.1, -0.05) is 17.4 Å². The van der Waals surface area contributed by atoms with Crippen LogP contribution in [0.1, 0.15) is 31.0 Å². The lowest BCUT2D eigenvalue weighted by Gasteiger charge is -2.26. The lowest BCUT2D eigenvalue weighted by Crippen LogP contribution is -2.40. The highest BCUT2D eigenvalue weighted by Gasteiger charge is 2.34. The number of fused-ring (bicyclic) bond motifs is 1. The molecular weight excluding hydrogens is 562 g/mol. The minimum absolute atomic E-state index is 0.0718. The number of benzene rings is 2. The standard InChI is InChI=1S/C28H28F2N2O8S/c1-7-39-26(34)22-14(2)31-28-32(23(22)16-12-19(36-4)24(38-6)20(13-16)37-5)25(33)21(41-28)11-15-8-9-17(40-27(29)30)18(10-15)35-3/h8-13,23,27H,7H2,1-6H3/b21-11+/t23-/m0/s1. The first kappa shape index (κ1) is 29.6. The van der Waals surface area contributed by atoms with Crippen molar-refractivity contribution in [3.63, 3.8) is 0 Å². The Morgan fingerprint density at radius 2 is 1.68 bits per heavy atom. The minimum atomic E-state index is -3.02. The third kappa shape index (κ3) is 5.75. The van der Waals surface area contributed by atoms with Crippen LogP contribution < -0.4 is 38.6 Å². The predicted molar refractivity (Wildman–Crippen MR) is 146 cm³/mol. The van der Waals surface area contributed by atoms with Gasteiger partial charge in [-0.05, 0) is 55.3 Å². The van der Waals surface area contributed by atoms with E-state index in [-0.39, 0.29) is 28.2 Å². The fourth-order valence-electron chi connectivity index (χ4n) is 4.48. The molecule has 218 valence electrons. The highest BCUT2D eigenvalue weighted by molar-refractivity contribution is 7.07. The largest absolute Gasteiger partial charge is 0.493 e. The third-order valence-corrected chi connectivity index (χ3v) is 7.20. The van der Waals surface area contributed by atoms with Crippen LogP contribution in [0.15, 0.2) is 51.4 Å². The summed E-state index contributed by atoms with van der Waals surface area (Å²) >= 11 is 1.10. The number of thiazole rings is 1.